The fraction of sp³-hybridized carbons (Fsp3) is 0.250. The molecule has 4 nitrogen and oxygen atoms in total. The summed E-state index contributed by atoms with van der Waals surface area (Å²) < 4.78 is 8.70. The van der Waals surface area contributed by atoms with Crippen LogP contribution < -0.4 is 4.90 Å². The minimum atomic E-state index is -2.87. The fourth-order valence-corrected chi connectivity index (χ4v) is 0.726. The lowest BCUT2D eigenvalue weighted by atomic mass is 10.3. The lowest BCUT2D eigenvalue weighted by molar-refractivity contribution is 0.405. The fourth-order valence-electron chi connectivity index (χ4n) is 0.726. The van der Waals surface area contributed by atoms with Gasteiger partial charge in [0.1, 0.15) is 0 Å². The third kappa shape index (κ3) is 7.40. The molecule has 0 aromatic heterocycles. The Morgan fingerprint density at radius 3 is 1.77 bits per heavy atom. The summed E-state index contributed by atoms with van der Waals surface area (Å²) in [5.41, 5.74) is 1.25. The maximum Gasteiger partial charge on any atom is 0.692 e. The van der Waals surface area contributed by atoms with Crippen molar-refractivity contribution in [3.8, 4) is 0 Å². The molecule has 0 radical (unpaired) electrons. The van der Waals surface area contributed by atoms with Gasteiger partial charge in [-0.15, -0.1) is 9.79 Å². The minimum absolute atomic E-state index is 1.25. The van der Waals surface area contributed by atoms with Gasteiger partial charge in [0.25, 0.3) is 0 Å². The van der Waals surface area contributed by atoms with Crippen molar-refractivity contribution >= 4 is 13.9 Å². The van der Waals surface area contributed by atoms with Gasteiger partial charge in [-0.25, -0.2) is 0 Å². The number of hydrogen-bond donors (Lipinski definition) is 2. The average Bonchev–Trinajstić information content (AvgIpc) is 2.05. The summed E-state index contributed by atoms with van der Waals surface area (Å²) >= 11 is 0. The highest BCUT2D eigenvalue weighted by Crippen LogP contribution is 2.07. The van der Waals surface area contributed by atoms with E-state index in [1.165, 1.54) is 5.69 Å². The van der Waals surface area contributed by atoms with Crippen molar-refractivity contribution < 1.29 is 14.4 Å². The van der Waals surface area contributed by atoms with E-state index in [0.717, 1.165) is 0 Å². The van der Waals surface area contributed by atoms with Crippen molar-refractivity contribution in [2.75, 3.05) is 19.0 Å². The standard InChI is InChI=1S/C8H11N.HO3P/c1-9(2)8-6-4-3-5-7-8;1-4(2)3/h3-7H,1-2H3;(H-,1,2,3)/p+1. The van der Waals surface area contributed by atoms with E-state index in [4.69, 9.17) is 14.4 Å². The van der Waals surface area contributed by atoms with E-state index in [2.05, 4.69) is 17.0 Å². The Labute approximate surface area is 78.4 Å². The third-order valence-electron chi connectivity index (χ3n) is 1.27. The third-order valence-corrected chi connectivity index (χ3v) is 1.27. The molecular weight excluding hydrogens is 189 g/mol. The molecule has 0 aliphatic carbocycles. The van der Waals surface area contributed by atoms with Crippen LogP contribution in [-0.2, 0) is 4.57 Å². The summed E-state index contributed by atoms with van der Waals surface area (Å²) in [4.78, 5) is 16.3. The lowest BCUT2D eigenvalue weighted by Crippen LogP contribution is -2.07. The Bertz CT molecular complexity index is 247. The first-order valence-corrected chi connectivity index (χ1v) is 4.78. The highest BCUT2D eigenvalue weighted by atomic mass is 31.1. The molecule has 0 saturated heterocycles. The molecular formula is C8H13NO3P+. The van der Waals surface area contributed by atoms with E-state index in [9.17, 15) is 0 Å². The molecule has 5 heteroatoms. The van der Waals surface area contributed by atoms with E-state index >= 15 is 0 Å². The first-order valence-electron chi connectivity index (χ1n) is 3.61. The van der Waals surface area contributed by atoms with Gasteiger partial charge >= 0.3 is 8.25 Å². The molecule has 0 saturated carbocycles. The molecule has 0 bridgehead atoms. The summed E-state index contributed by atoms with van der Waals surface area (Å²) in [6, 6.07) is 10.3. The number of hydrogen-bond acceptors (Lipinski definition) is 2. The van der Waals surface area contributed by atoms with Gasteiger partial charge in [-0.2, -0.15) is 0 Å². The number of rotatable bonds is 1. The van der Waals surface area contributed by atoms with Crippen LogP contribution in [-0.4, -0.2) is 23.9 Å². The molecule has 0 unspecified atom stereocenters. The maximum atomic E-state index is 8.70. The lowest BCUT2D eigenvalue weighted by Gasteiger charge is -2.10. The van der Waals surface area contributed by atoms with Gasteiger partial charge in [-0.05, 0) is 12.1 Å². The SMILES string of the molecule is CN(C)c1ccccc1.O=[P+](O)O. The van der Waals surface area contributed by atoms with Crippen LogP contribution in [0.1, 0.15) is 0 Å². The first kappa shape index (κ1) is 12.0. The van der Waals surface area contributed by atoms with Gasteiger partial charge in [0, 0.05) is 24.3 Å². The van der Waals surface area contributed by atoms with Gasteiger partial charge < -0.3 is 4.90 Å². The molecule has 0 spiro atoms. The molecule has 0 heterocycles. The Balaban J connectivity index is 0.000000310. The van der Waals surface area contributed by atoms with Gasteiger partial charge in [0.15, 0.2) is 0 Å². The molecule has 1 aromatic rings. The smallest absolute Gasteiger partial charge is 0.378 e. The van der Waals surface area contributed by atoms with Crippen LogP contribution in [0.5, 0.6) is 0 Å². The van der Waals surface area contributed by atoms with Gasteiger partial charge in [-0.1, -0.05) is 18.2 Å². The van der Waals surface area contributed by atoms with Crippen molar-refractivity contribution in [2.45, 2.75) is 0 Å². The first-order chi connectivity index (χ1) is 6.04. The number of benzene rings is 1. The molecule has 1 aromatic carbocycles. The Morgan fingerprint density at radius 1 is 1.15 bits per heavy atom. The monoisotopic (exact) mass is 202 g/mol. The zero-order valence-electron chi connectivity index (χ0n) is 7.58. The predicted molar refractivity (Wildman–Crippen MR) is 52.8 cm³/mol. The van der Waals surface area contributed by atoms with Crippen LogP contribution in [0, 0.1) is 0 Å². The summed E-state index contributed by atoms with van der Waals surface area (Å²) in [6.07, 6.45) is 0. The van der Waals surface area contributed by atoms with Gasteiger partial charge in [-0.3, -0.25) is 0 Å². The molecule has 0 amide bonds. The average molecular weight is 202 g/mol. The second-order valence-electron chi connectivity index (χ2n) is 2.48. The Hall–Kier alpha value is -0.960. The largest absolute Gasteiger partial charge is 0.692 e. The highest BCUT2D eigenvalue weighted by molar-refractivity contribution is 7.30. The van der Waals surface area contributed by atoms with Crippen molar-refractivity contribution in [1.29, 1.82) is 0 Å². The van der Waals surface area contributed by atoms with Crippen molar-refractivity contribution in [1.82, 2.24) is 0 Å². The topological polar surface area (TPSA) is 60.8 Å². The van der Waals surface area contributed by atoms with E-state index in [0.29, 0.717) is 0 Å². The molecule has 0 fully saturated rings. The summed E-state index contributed by atoms with van der Waals surface area (Å²) in [7, 11) is 1.20. The molecule has 0 aliphatic rings. The highest BCUT2D eigenvalue weighted by Gasteiger charge is 1.93. The van der Waals surface area contributed by atoms with E-state index in [1.54, 1.807) is 0 Å². The van der Waals surface area contributed by atoms with E-state index in [1.807, 2.05) is 32.3 Å². The molecule has 0 aliphatic heterocycles. The molecule has 72 valence electrons. The molecule has 1 rings (SSSR count). The van der Waals surface area contributed by atoms with Gasteiger partial charge in [0.2, 0.25) is 0 Å². The molecule has 2 N–H and O–H groups in total. The summed E-state index contributed by atoms with van der Waals surface area (Å²) in [5, 5.41) is 0. The zero-order valence-corrected chi connectivity index (χ0v) is 8.48. The van der Waals surface area contributed by atoms with E-state index in [-0.39, 0.29) is 0 Å². The summed E-state index contributed by atoms with van der Waals surface area (Å²) in [5.74, 6) is 0. The maximum absolute atomic E-state index is 8.70. The molecule has 13 heavy (non-hydrogen) atoms. The van der Waals surface area contributed by atoms with Crippen molar-refractivity contribution in [3.05, 3.63) is 30.3 Å². The Morgan fingerprint density at radius 2 is 1.54 bits per heavy atom. The van der Waals surface area contributed by atoms with Crippen LogP contribution >= 0.6 is 8.25 Å². The Kier molecular flexibility index (Phi) is 6.06. The summed E-state index contributed by atoms with van der Waals surface area (Å²) in [6.45, 7) is 0. The minimum Gasteiger partial charge on any atom is -0.378 e. The van der Waals surface area contributed by atoms with Crippen LogP contribution in [0.25, 0.3) is 0 Å². The zero-order chi connectivity index (χ0) is 10.3. The second kappa shape index (κ2) is 6.54. The quantitative estimate of drug-likeness (QED) is 0.675. The van der Waals surface area contributed by atoms with Crippen LogP contribution in [0.2, 0.25) is 0 Å². The van der Waals surface area contributed by atoms with Crippen LogP contribution in [0.3, 0.4) is 0 Å². The van der Waals surface area contributed by atoms with Crippen molar-refractivity contribution in [2.24, 2.45) is 0 Å². The second-order valence-corrected chi connectivity index (χ2v) is 2.99. The molecule has 0 atom stereocenters. The predicted octanol–water partition coefficient (Wildman–Crippen LogP) is 1.38. The van der Waals surface area contributed by atoms with E-state index < -0.39 is 8.25 Å². The van der Waals surface area contributed by atoms with Crippen molar-refractivity contribution in [3.63, 3.8) is 0 Å². The number of para-hydroxylation sites is 1. The van der Waals surface area contributed by atoms with Crippen LogP contribution in [0.4, 0.5) is 5.69 Å². The van der Waals surface area contributed by atoms with Gasteiger partial charge in [0.05, 0.1) is 0 Å². The number of anilines is 1. The number of nitrogens with zero attached hydrogens (tertiary/aromatic N) is 1. The van der Waals surface area contributed by atoms with Crippen LogP contribution in [0.15, 0.2) is 30.3 Å². The normalized spacial score (nSPS) is 8.31.